The summed E-state index contributed by atoms with van der Waals surface area (Å²) in [7, 11) is -2.37. The molecule has 0 spiro atoms. The summed E-state index contributed by atoms with van der Waals surface area (Å²) in [6.07, 6.45) is 0. The highest BCUT2D eigenvalue weighted by molar-refractivity contribution is 7.98. The molecule has 0 aliphatic rings. The highest BCUT2D eigenvalue weighted by atomic mass is 32.2. The van der Waals surface area contributed by atoms with E-state index in [2.05, 4.69) is 11.1 Å². The van der Waals surface area contributed by atoms with Gasteiger partial charge in [-0.15, -0.1) is 22.7 Å². The molecule has 5 aromatic rings. The number of aromatic nitrogens is 2. The van der Waals surface area contributed by atoms with Gasteiger partial charge in [0.25, 0.3) is 15.6 Å². The number of rotatable bonds is 8. The van der Waals surface area contributed by atoms with Gasteiger partial charge in [-0.3, -0.25) is 9.10 Å². The Hall–Kier alpha value is -3.25. The maximum atomic E-state index is 13.2. The van der Waals surface area contributed by atoms with Crippen molar-refractivity contribution < 1.29 is 12.8 Å². The molecule has 0 saturated carbocycles. The first-order chi connectivity index (χ1) is 18.2. The summed E-state index contributed by atoms with van der Waals surface area (Å²) >= 11 is 4.64. The van der Waals surface area contributed by atoms with Crippen LogP contribution in [0.15, 0.2) is 93.0 Å². The number of nitrogens with one attached hydrogen (secondary N) is 1. The van der Waals surface area contributed by atoms with Gasteiger partial charge in [0.05, 0.1) is 21.2 Å². The summed E-state index contributed by atoms with van der Waals surface area (Å²) in [6, 6.07) is 19.9. The van der Waals surface area contributed by atoms with E-state index in [1.807, 2.05) is 23.6 Å². The fraction of sp³-hybridized carbons (Fsp3) is 0.111. The molecule has 0 aliphatic carbocycles. The van der Waals surface area contributed by atoms with Crippen molar-refractivity contribution in [1.29, 1.82) is 0 Å². The molecule has 0 atom stereocenters. The zero-order valence-electron chi connectivity index (χ0n) is 20.3. The molecule has 2 aromatic carbocycles. The predicted octanol–water partition coefficient (Wildman–Crippen LogP) is 6.79. The molecule has 0 radical (unpaired) electrons. The molecule has 3 heterocycles. The van der Waals surface area contributed by atoms with Gasteiger partial charge in [0.15, 0.2) is 5.16 Å². The van der Waals surface area contributed by atoms with E-state index in [1.165, 1.54) is 48.0 Å². The second-order valence-corrected chi connectivity index (χ2v) is 13.3. The maximum absolute atomic E-state index is 13.2. The number of aromatic amines is 1. The highest BCUT2D eigenvalue weighted by Gasteiger charge is 2.21. The Kier molecular flexibility index (Phi) is 7.53. The molecule has 5 rings (SSSR count). The molecule has 0 aliphatic heterocycles. The van der Waals surface area contributed by atoms with Crippen molar-refractivity contribution in [2.45, 2.75) is 22.7 Å². The van der Waals surface area contributed by atoms with E-state index in [1.54, 1.807) is 53.9 Å². The van der Waals surface area contributed by atoms with Crippen LogP contribution in [-0.4, -0.2) is 25.4 Å². The molecule has 0 saturated heterocycles. The average Bonchev–Trinajstić information content (AvgIpc) is 3.62. The summed E-state index contributed by atoms with van der Waals surface area (Å²) in [6.45, 7) is 1.77. The number of H-pyrrole nitrogens is 1. The minimum Gasteiger partial charge on any atom is -0.301 e. The van der Waals surface area contributed by atoms with Crippen molar-refractivity contribution >= 4 is 50.1 Å². The predicted molar refractivity (Wildman–Crippen MR) is 154 cm³/mol. The monoisotopic (exact) mass is 583 g/mol. The molecule has 38 heavy (non-hydrogen) atoms. The summed E-state index contributed by atoms with van der Waals surface area (Å²) in [5.41, 5.74) is 2.28. The normalized spacial score (nSPS) is 11.6. The Labute approximate surface area is 231 Å². The molecule has 3 aromatic heterocycles. The topological polar surface area (TPSA) is 83.1 Å². The van der Waals surface area contributed by atoms with E-state index >= 15 is 0 Å². The quantitative estimate of drug-likeness (QED) is 0.161. The number of sulfonamides is 1. The minimum absolute atomic E-state index is 0.126. The van der Waals surface area contributed by atoms with E-state index in [0.717, 1.165) is 19.6 Å². The van der Waals surface area contributed by atoms with Crippen LogP contribution in [-0.2, 0) is 15.8 Å². The largest absolute Gasteiger partial charge is 0.301 e. The van der Waals surface area contributed by atoms with Crippen molar-refractivity contribution in [2.75, 3.05) is 11.4 Å². The van der Waals surface area contributed by atoms with Crippen LogP contribution in [0.3, 0.4) is 0 Å². The number of halogens is 1. The van der Waals surface area contributed by atoms with Crippen LogP contribution in [0.25, 0.3) is 20.3 Å². The van der Waals surface area contributed by atoms with Gasteiger partial charge in [0.1, 0.15) is 5.82 Å². The maximum Gasteiger partial charge on any atom is 0.264 e. The Morgan fingerprint density at radius 2 is 1.68 bits per heavy atom. The van der Waals surface area contributed by atoms with Gasteiger partial charge in [-0.05, 0) is 72.5 Å². The van der Waals surface area contributed by atoms with E-state index in [0.29, 0.717) is 27.9 Å². The molecule has 6 nitrogen and oxygen atoms in total. The lowest BCUT2D eigenvalue weighted by molar-refractivity contribution is 0.594. The fourth-order valence-corrected chi connectivity index (χ4v) is 7.59. The first kappa shape index (κ1) is 26.4. The van der Waals surface area contributed by atoms with Crippen LogP contribution in [0, 0.1) is 12.7 Å². The van der Waals surface area contributed by atoms with Gasteiger partial charge >= 0.3 is 0 Å². The molecular formula is C27H22FN3O3S4. The summed E-state index contributed by atoms with van der Waals surface area (Å²) in [5, 5.41) is 2.53. The van der Waals surface area contributed by atoms with Crippen molar-refractivity contribution in [3.05, 3.63) is 105 Å². The van der Waals surface area contributed by atoms with E-state index in [-0.39, 0.29) is 10.5 Å². The van der Waals surface area contributed by atoms with Crippen LogP contribution < -0.4 is 9.86 Å². The molecule has 1 N–H and O–H groups in total. The van der Waals surface area contributed by atoms with Crippen LogP contribution in [0.4, 0.5) is 10.1 Å². The average molecular weight is 584 g/mol. The standard InChI is InChI=1S/C27H22FN3O3S4/c1-17-25(24-14-13-23(37-24)22-4-3-15-35-22)29-27(30-26(17)32)36-16-18-5-11-21(12-6-18)38(33,34)31(2)20-9-7-19(28)8-10-20/h3-15H,16H2,1-2H3,(H,29,30,32). The molecule has 0 unspecified atom stereocenters. The first-order valence-corrected chi connectivity index (χ1v) is 15.6. The van der Waals surface area contributed by atoms with Crippen LogP contribution in [0.5, 0.6) is 0 Å². The lowest BCUT2D eigenvalue weighted by Crippen LogP contribution is -2.26. The minimum atomic E-state index is -3.80. The zero-order chi connectivity index (χ0) is 26.9. The third-order valence-electron chi connectivity index (χ3n) is 5.88. The number of nitrogens with zero attached hydrogens (tertiary/aromatic N) is 2. The third kappa shape index (κ3) is 5.46. The number of benzene rings is 2. The second-order valence-electron chi connectivity index (χ2n) is 8.37. The van der Waals surface area contributed by atoms with E-state index in [4.69, 9.17) is 4.98 Å². The van der Waals surface area contributed by atoms with Gasteiger partial charge in [-0.25, -0.2) is 17.8 Å². The smallest absolute Gasteiger partial charge is 0.264 e. The summed E-state index contributed by atoms with van der Waals surface area (Å²) in [4.78, 5) is 23.6. The summed E-state index contributed by atoms with van der Waals surface area (Å²) in [5.74, 6) is 0.0567. The van der Waals surface area contributed by atoms with Crippen molar-refractivity contribution in [3.63, 3.8) is 0 Å². The molecule has 11 heteroatoms. The van der Waals surface area contributed by atoms with Gasteiger partial charge in [-0.2, -0.15) is 0 Å². The zero-order valence-corrected chi connectivity index (χ0v) is 23.6. The van der Waals surface area contributed by atoms with Gasteiger partial charge in [0.2, 0.25) is 0 Å². The molecular weight excluding hydrogens is 562 g/mol. The Bertz CT molecular complexity index is 1730. The molecule has 0 amide bonds. The lowest BCUT2D eigenvalue weighted by atomic mass is 10.2. The van der Waals surface area contributed by atoms with Crippen molar-refractivity contribution in [3.8, 4) is 20.3 Å². The van der Waals surface area contributed by atoms with Gasteiger partial charge in [-0.1, -0.05) is 30.0 Å². The Morgan fingerprint density at radius 1 is 0.974 bits per heavy atom. The number of hydrogen-bond donors (Lipinski definition) is 1. The lowest BCUT2D eigenvalue weighted by Gasteiger charge is -2.19. The first-order valence-electron chi connectivity index (χ1n) is 11.4. The number of anilines is 1. The van der Waals surface area contributed by atoms with Crippen molar-refractivity contribution in [1.82, 2.24) is 9.97 Å². The fourth-order valence-electron chi connectivity index (χ4n) is 3.69. The highest BCUT2D eigenvalue weighted by Crippen LogP contribution is 2.37. The second kappa shape index (κ2) is 10.9. The molecule has 194 valence electrons. The molecule has 0 fully saturated rings. The number of thiophene rings is 2. The van der Waals surface area contributed by atoms with Crippen LogP contribution in [0.2, 0.25) is 0 Å². The van der Waals surface area contributed by atoms with E-state index < -0.39 is 15.8 Å². The van der Waals surface area contributed by atoms with Crippen LogP contribution >= 0.6 is 34.4 Å². The van der Waals surface area contributed by atoms with E-state index in [9.17, 15) is 17.6 Å². The van der Waals surface area contributed by atoms with Crippen LogP contribution in [0.1, 0.15) is 11.1 Å². The van der Waals surface area contributed by atoms with Gasteiger partial charge < -0.3 is 4.98 Å². The summed E-state index contributed by atoms with van der Waals surface area (Å²) < 4.78 is 40.3. The number of hydrogen-bond acceptors (Lipinski definition) is 7. The molecule has 0 bridgehead atoms. The third-order valence-corrected chi connectivity index (χ3v) is 10.8. The Balaban J connectivity index is 1.31. The Morgan fingerprint density at radius 3 is 2.37 bits per heavy atom. The number of thioether (sulfide) groups is 1. The van der Waals surface area contributed by atoms with Gasteiger partial charge in [0, 0.05) is 28.1 Å². The van der Waals surface area contributed by atoms with Crippen molar-refractivity contribution in [2.24, 2.45) is 0 Å². The SMILES string of the molecule is Cc1c(-c2ccc(-c3cccs3)s2)nc(SCc2ccc(S(=O)(=O)N(C)c3ccc(F)cc3)cc2)[nH]c1=O.